The van der Waals surface area contributed by atoms with Gasteiger partial charge in [0.15, 0.2) is 11.4 Å². The summed E-state index contributed by atoms with van der Waals surface area (Å²) in [6.07, 6.45) is 8.82. The zero-order valence-corrected chi connectivity index (χ0v) is 14.0. The fourth-order valence-electron chi connectivity index (χ4n) is 2.84. The number of esters is 1. The molecule has 0 spiro atoms. The molecule has 0 amide bonds. The van der Waals surface area contributed by atoms with Crippen LogP contribution in [0.4, 0.5) is 0 Å². The molecule has 1 aliphatic rings. The van der Waals surface area contributed by atoms with E-state index in [1.165, 1.54) is 17.7 Å². The first-order valence-corrected chi connectivity index (χ1v) is 8.40. The van der Waals surface area contributed by atoms with Crippen LogP contribution in [0.15, 0.2) is 54.6 Å². The van der Waals surface area contributed by atoms with Gasteiger partial charge in [-0.3, -0.25) is 9.59 Å². The highest BCUT2D eigenvalue weighted by Gasteiger charge is 2.45. The summed E-state index contributed by atoms with van der Waals surface area (Å²) >= 11 is 0. The van der Waals surface area contributed by atoms with Gasteiger partial charge in [0.2, 0.25) is 0 Å². The van der Waals surface area contributed by atoms with Crippen LogP contribution in [0.2, 0.25) is 0 Å². The fraction of sp³-hybridized carbons (Fsp3) is 0.400. The quantitative estimate of drug-likeness (QED) is 0.588. The summed E-state index contributed by atoms with van der Waals surface area (Å²) in [7, 11) is 0. The van der Waals surface area contributed by atoms with Crippen LogP contribution in [0.1, 0.15) is 31.7 Å². The van der Waals surface area contributed by atoms with E-state index in [-0.39, 0.29) is 18.8 Å². The van der Waals surface area contributed by atoms with Crippen molar-refractivity contribution in [3.63, 3.8) is 0 Å². The molecule has 4 nitrogen and oxygen atoms in total. The van der Waals surface area contributed by atoms with Gasteiger partial charge < -0.3 is 9.84 Å². The van der Waals surface area contributed by atoms with E-state index < -0.39 is 17.5 Å². The second-order valence-corrected chi connectivity index (χ2v) is 5.91. The van der Waals surface area contributed by atoms with Gasteiger partial charge in [-0.1, -0.05) is 48.6 Å². The predicted octanol–water partition coefficient (Wildman–Crippen LogP) is 3.00. The van der Waals surface area contributed by atoms with Gasteiger partial charge >= 0.3 is 5.97 Å². The van der Waals surface area contributed by atoms with Crippen molar-refractivity contribution in [1.82, 2.24) is 0 Å². The van der Waals surface area contributed by atoms with Crippen molar-refractivity contribution in [2.75, 3.05) is 6.61 Å². The zero-order chi connectivity index (χ0) is 17.4. The lowest BCUT2D eigenvalue weighted by atomic mass is 9.79. The van der Waals surface area contributed by atoms with Gasteiger partial charge in [-0.2, -0.15) is 0 Å². The van der Waals surface area contributed by atoms with Crippen molar-refractivity contribution in [3.05, 3.63) is 60.2 Å². The molecule has 2 rings (SSSR count). The molecule has 2 atom stereocenters. The van der Waals surface area contributed by atoms with Gasteiger partial charge in [-0.05, 0) is 37.8 Å². The number of ether oxygens (including phenoxy) is 1. The Labute approximate surface area is 142 Å². The van der Waals surface area contributed by atoms with Crippen LogP contribution in [-0.2, 0) is 20.7 Å². The minimum Gasteiger partial charge on any atom is -0.465 e. The molecule has 0 saturated heterocycles. The Balaban J connectivity index is 1.90. The van der Waals surface area contributed by atoms with Crippen molar-refractivity contribution in [3.8, 4) is 0 Å². The Morgan fingerprint density at radius 2 is 1.92 bits per heavy atom. The lowest BCUT2D eigenvalue weighted by molar-refractivity contribution is -0.158. The molecule has 0 radical (unpaired) electrons. The molecular formula is C20H24O4. The standard InChI is InChI=1S/C20H24O4/c1-2-24-19(22)17-13-8-9-15-20(17,23)18(21)14-7-6-12-16-10-4-3-5-11-16/h3-5,8-11,13,15,17,23H,2,6-7,12,14H2,1H3. The van der Waals surface area contributed by atoms with E-state index in [1.807, 2.05) is 18.2 Å². The van der Waals surface area contributed by atoms with Gasteiger partial charge in [0, 0.05) is 6.42 Å². The molecular weight excluding hydrogens is 304 g/mol. The number of Topliss-reactive ketones (excluding diaryl/α,β-unsaturated/α-hetero) is 1. The number of benzene rings is 1. The van der Waals surface area contributed by atoms with Crippen LogP contribution in [-0.4, -0.2) is 29.1 Å². The Kier molecular flexibility index (Phi) is 6.50. The summed E-state index contributed by atoms with van der Waals surface area (Å²) in [4.78, 5) is 24.5. The number of hydrogen-bond acceptors (Lipinski definition) is 4. The van der Waals surface area contributed by atoms with E-state index in [0.717, 1.165) is 12.8 Å². The van der Waals surface area contributed by atoms with Gasteiger partial charge in [0.25, 0.3) is 0 Å². The number of hydrogen-bond donors (Lipinski definition) is 1. The van der Waals surface area contributed by atoms with Crippen molar-refractivity contribution < 1.29 is 19.4 Å². The molecule has 2 unspecified atom stereocenters. The molecule has 0 heterocycles. The molecule has 1 N–H and O–H groups in total. The van der Waals surface area contributed by atoms with Crippen LogP contribution in [0.5, 0.6) is 0 Å². The Morgan fingerprint density at radius 3 is 2.62 bits per heavy atom. The molecule has 0 fully saturated rings. The molecule has 0 bridgehead atoms. The maximum absolute atomic E-state index is 12.5. The van der Waals surface area contributed by atoms with Crippen molar-refractivity contribution in [1.29, 1.82) is 0 Å². The largest absolute Gasteiger partial charge is 0.465 e. The lowest BCUT2D eigenvalue weighted by Crippen LogP contribution is -2.48. The van der Waals surface area contributed by atoms with Crippen molar-refractivity contribution in [2.24, 2.45) is 5.92 Å². The van der Waals surface area contributed by atoms with Gasteiger partial charge in [-0.15, -0.1) is 0 Å². The molecule has 0 saturated carbocycles. The monoisotopic (exact) mass is 328 g/mol. The first-order valence-electron chi connectivity index (χ1n) is 8.40. The maximum atomic E-state index is 12.5. The fourth-order valence-corrected chi connectivity index (χ4v) is 2.84. The zero-order valence-electron chi connectivity index (χ0n) is 14.0. The highest BCUT2D eigenvalue weighted by atomic mass is 16.5. The van der Waals surface area contributed by atoms with Gasteiger partial charge in [0.1, 0.15) is 5.92 Å². The Hall–Kier alpha value is -2.20. The van der Waals surface area contributed by atoms with E-state index >= 15 is 0 Å². The summed E-state index contributed by atoms with van der Waals surface area (Å²) in [5.74, 6) is -1.88. The number of rotatable bonds is 8. The van der Waals surface area contributed by atoms with E-state index in [0.29, 0.717) is 6.42 Å². The Bertz CT molecular complexity index is 618. The Morgan fingerprint density at radius 1 is 1.17 bits per heavy atom. The highest BCUT2D eigenvalue weighted by Crippen LogP contribution is 2.29. The van der Waals surface area contributed by atoms with Crippen LogP contribution in [0.25, 0.3) is 0 Å². The topological polar surface area (TPSA) is 63.6 Å². The lowest BCUT2D eigenvalue weighted by Gasteiger charge is -2.30. The normalized spacial score (nSPS) is 22.3. The third-order valence-electron chi connectivity index (χ3n) is 4.19. The van der Waals surface area contributed by atoms with Crippen molar-refractivity contribution >= 4 is 11.8 Å². The summed E-state index contributed by atoms with van der Waals surface area (Å²) < 4.78 is 4.97. The smallest absolute Gasteiger partial charge is 0.316 e. The molecule has 128 valence electrons. The number of unbranched alkanes of at least 4 members (excludes halogenated alkanes) is 1. The summed E-state index contributed by atoms with van der Waals surface area (Å²) in [6.45, 7) is 1.92. The first kappa shape index (κ1) is 18.1. The molecule has 0 aromatic heterocycles. The van der Waals surface area contributed by atoms with Gasteiger partial charge in [-0.25, -0.2) is 0 Å². The van der Waals surface area contributed by atoms with E-state index in [9.17, 15) is 14.7 Å². The van der Waals surface area contributed by atoms with E-state index in [4.69, 9.17) is 4.74 Å². The second-order valence-electron chi connectivity index (χ2n) is 5.91. The summed E-state index contributed by atoms with van der Waals surface area (Å²) in [5, 5.41) is 10.7. The highest BCUT2D eigenvalue weighted by molar-refractivity contribution is 5.95. The van der Waals surface area contributed by atoms with Crippen LogP contribution in [0.3, 0.4) is 0 Å². The van der Waals surface area contributed by atoms with Gasteiger partial charge in [0.05, 0.1) is 6.61 Å². The van der Waals surface area contributed by atoms with E-state index in [1.54, 1.807) is 19.1 Å². The number of aliphatic hydroxyl groups is 1. The third-order valence-corrected chi connectivity index (χ3v) is 4.19. The number of carbonyl (C=O) groups excluding carboxylic acids is 2. The SMILES string of the molecule is CCOC(=O)C1C=CC=CC1(O)C(=O)CCCCc1ccccc1. The predicted molar refractivity (Wildman–Crippen MR) is 92.4 cm³/mol. The number of allylic oxidation sites excluding steroid dienone is 2. The number of ketones is 1. The summed E-state index contributed by atoms with van der Waals surface area (Å²) in [5.41, 5.74) is -0.568. The van der Waals surface area contributed by atoms with Crippen molar-refractivity contribution in [2.45, 2.75) is 38.2 Å². The molecule has 1 aliphatic carbocycles. The third kappa shape index (κ3) is 4.42. The van der Waals surface area contributed by atoms with Crippen LogP contribution < -0.4 is 0 Å². The molecule has 1 aromatic carbocycles. The first-order chi connectivity index (χ1) is 11.6. The average Bonchev–Trinajstić information content (AvgIpc) is 2.60. The molecule has 24 heavy (non-hydrogen) atoms. The second kappa shape index (κ2) is 8.60. The van der Waals surface area contributed by atoms with Crippen LogP contribution >= 0.6 is 0 Å². The number of aryl methyl sites for hydroxylation is 1. The number of carbonyl (C=O) groups is 2. The molecule has 1 aromatic rings. The minimum atomic E-state index is -1.80. The average molecular weight is 328 g/mol. The summed E-state index contributed by atoms with van der Waals surface area (Å²) in [6, 6.07) is 10.1. The van der Waals surface area contributed by atoms with Crippen LogP contribution in [0, 0.1) is 5.92 Å². The maximum Gasteiger partial charge on any atom is 0.316 e. The van der Waals surface area contributed by atoms with E-state index in [2.05, 4.69) is 12.1 Å². The molecule has 4 heteroatoms. The minimum absolute atomic E-state index is 0.217. The molecule has 0 aliphatic heterocycles.